The van der Waals surface area contributed by atoms with Crippen molar-refractivity contribution in [1.82, 2.24) is 0 Å². The van der Waals surface area contributed by atoms with Gasteiger partial charge in [0.2, 0.25) is 5.91 Å². The molecule has 0 aliphatic carbocycles. The molecule has 2 aliphatic rings. The Kier molecular flexibility index (Phi) is 4.32. The molecule has 7 nitrogen and oxygen atoms in total. The Morgan fingerprint density at radius 1 is 1.15 bits per heavy atom. The fourth-order valence-corrected chi connectivity index (χ4v) is 3.43. The van der Waals surface area contributed by atoms with Gasteiger partial charge in [0.25, 0.3) is 0 Å². The predicted octanol–water partition coefficient (Wildman–Crippen LogP) is 2.23. The van der Waals surface area contributed by atoms with Gasteiger partial charge in [-0.3, -0.25) is 9.69 Å². The summed E-state index contributed by atoms with van der Waals surface area (Å²) in [6.07, 6.45) is -1.05. The molecule has 1 aromatic rings. The Bertz CT molecular complexity index is 748. The zero-order valence-corrected chi connectivity index (χ0v) is 16.1. The van der Waals surface area contributed by atoms with Crippen LogP contribution in [0.5, 0.6) is 0 Å². The van der Waals surface area contributed by atoms with E-state index in [-0.39, 0.29) is 18.5 Å². The van der Waals surface area contributed by atoms with Crippen molar-refractivity contribution in [2.45, 2.75) is 58.8 Å². The van der Waals surface area contributed by atoms with Gasteiger partial charge in [0.05, 0.1) is 28.6 Å². The molecule has 2 heterocycles. The van der Waals surface area contributed by atoms with Crippen LogP contribution in [0.15, 0.2) is 18.2 Å². The fraction of sp³-hybridized carbons (Fsp3) is 0.556. The highest BCUT2D eigenvalue weighted by molar-refractivity contribution is 6.62. The lowest BCUT2D eigenvalue weighted by Crippen LogP contribution is -2.51. The summed E-state index contributed by atoms with van der Waals surface area (Å²) in [5.41, 5.74) is 0.809. The highest BCUT2D eigenvalue weighted by atomic mass is 16.7. The van der Waals surface area contributed by atoms with Gasteiger partial charge in [-0.2, -0.15) is 0 Å². The van der Waals surface area contributed by atoms with Crippen LogP contribution in [-0.4, -0.2) is 48.0 Å². The van der Waals surface area contributed by atoms with Crippen molar-refractivity contribution >= 4 is 36.0 Å². The lowest BCUT2D eigenvalue weighted by molar-refractivity contribution is -0.117. The molecule has 0 aromatic heterocycles. The van der Waals surface area contributed by atoms with E-state index in [9.17, 15) is 14.7 Å². The maximum Gasteiger partial charge on any atom is 0.494 e. The maximum atomic E-state index is 12.1. The van der Waals surface area contributed by atoms with Gasteiger partial charge in [0, 0.05) is 13.5 Å². The van der Waals surface area contributed by atoms with E-state index in [4.69, 9.17) is 9.31 Å². The molecule has 0 bridgehead atoms. The Morgan fingerprint density at radius 3 is 2.23 bits per heavy atom. The largest absolute Gasteiger partial charge is 0.494 e. The molecule has 1 saturated heterocycles. The molecule has 26 heavy (non-hydrogen) atoms. The summed E-state index contributed by atoms with van der Waals surface area (Å²) < 4.78 is 12.1. The van der Waals surface area contributed by atoms with E-state index in [0.29, 0.717) is 11.4 Å². The number of nitrogens with zero attached hydrogens (tertiary/aromatic N) is 2. The predicted molar refractivity (Wildman–Crippen MR) is 100 cm³/mol. The van der Waals surface area contributed by atoms with Gasteiger partial charge in [-0.15, -0.1) is 0 Å². The van der Waals surface area contributed by atoms with Crippen LogP contribution in [0.4, 0.5) is 16.2 Å². The van der Waals surface area contributed by atoms with Gasteiger partial charge in [0.15, 0.2) is 0 Å². The van der Waals surface area contributed by atoms with E-state index < -0.39 is 24.4 Å². The molecule has 0 unspecified atom stereocenters. The number of hydrogen-bond donors (Lipinski definition) is 1. The molecule has 0 saturated carbocycles. The molecule has 2 aliphatic heterocycles. The summed E-state index contributed by atoms with van der Waals surface area (Å²) in [6.45, 7) is 11.4. The minimum atomic E-state index is -1.05. The van der Waals surface area contributed by atoms with Crippen molar-refractivity contribution in [2.24, 2.45) is 0 Å². The monoisotopic (exact) mass is 360 g/mol. The molecule has 1 atom stereocenters. The SMILES string of the molecule is CC(=O)N1c2ccc(B3OC(C)(C)C(C)(C)O3)cc2N(C(=O)O)C[C@@H]1C. The van der Waals surface area contributed by atoms with E-state index in [2.05, 4.69) is 0 Å². The van der Waals surface area contributed by atoms with E-state index >= 15 is 0 Å². The van der Waals surface area contributed by atoms with Crippen molar-refractivity contribution in [3.63, 3.8) is 0 Å². The van der Waals surface area contributed by atoms with Crippen LogP contribution in [0.25, 0.3) is 0 Å². The highest BCUT2D eigenvalue weighted by Crippen LogP contribution is 2.39. The van der Waals surface area contributed by atoms with Crippen LogP contribution in [0.2, 0.25) is 0 Å². The van der Waals surface area contributed by atoms with E-state index in [1.165, 1.54) is 11.8 Å². The van der Waals surface area contributed by atoms with E-state index in [1.54, 1.807) is 17.0 Å². The first-order chi connectivity index (χ1) is 11.9. The summed E-state index contributed by atoms with van der Waals surface area (Å²) in [4.78, 5) is 26.7. The smallest absolute Gasteiger partial charge is 0.465 e. The molecule has 3 rings (SSSR count). The van der Waals surface area contributed by atoms with Crippen LogP contribution in [0.1, 0.15) is 41.5 Å². The first-order valence-electron chi connectivity index (χ1n) is 8.74. The van der Waals surface area contributed by atoms with Crippen molar-refractivity contribution < 1.29 is 24.0 Å². The minimum absolute atomic E-state index is 0.118. The molecular formula is C18H25BN2O5. The fourth-order valence-electron chi connectivity index (χ4n) is 3.43. The van der Waals surface area contributed by atoms with Crippen molar-refractivity contribution in [1.29, 1.82) is 0 Å². The third kappa shape index (κ3) is 2.87. The van der Waals surface area contributed by atoms with Gasteiger partial charge < -0.3 is 19.3 Å². The zero-order valence-electron chi connectivity index (χ0n) is 16.1. The normalized spacial score (nSPS) is 23.8. The maximum absolute atomic E-state index is 12.1. The number of hydrogen-bond acceptors (Lipinski definition) is 4. The van der Waals surface area contributed by atoms with Crippen molar-refractivity contribution in [2.75, 3.05) is 16.3 Å². The zero-order chi connectivity index (χ0) is 19.4. The number of fused-ring (bicyclic) bond motifs is 1. The first kappa shape index (κ1) is 18.7. The van der Waals surface area contributed by atoms with Gasteiger partial charge in [-0.25, -0.2) is 4.79 Å². The lowest BCUT2D eigenvalue weighted by atomic mass is 9.78. The topological polar surface area (TPSA) is 79.3 Å². The van der Waals surface area contributed by atoms with Crippen LogP contribution < -0.4 is 15.3 Å². The quantitative estimate of drug-likeness (QED) is 0.777. The van der Waals surface area contributed by atoms with Crippen molar-refractivity contribution in [3.05, 3.63) is 18.2 Å². The van der Waals surface area contributed by atoms with Crippen LogP contribution in [0.3, 0.4) is 0 Å². The first-order valence-corrected chi connectivity index (χ1v) is 8.74. The summed E-state index contributed by atoms with van der Waals surface area (Å²) in [6, 6.07) is 5.10. The average Bonchev–Trinajstić information content (AvgIpc) is 2.73. The van der Waals surface area contributed by atoms with Gasteiger partial charge >= 0.3 is 13.2 Å². The Labute approximate surface area is 154 Å². The molecule has 0 radical (unpaired) electrons. The molecule has 0 spiro atoms. The molecule has 1 N–H and O–H groups in total. The summed E-state index contributed by atoms with van der Waals surface area (Å²) in [5.74, 6) is -0.118. The third-order valence-electron chi connectivity index (χ3n) is 5.53. The Morgan fingerprint density at radius 2 is 1.73 bits per heavy atom. The Balaban J connectivity index is 2.04. The van der Waals surface area contributed by atoms with Gasteiger partial charge in [-0.1, -0.05) is 6.07 Å². The standard InChI is InChI=1S/C18H25BN2O5/c1-11-10-20(16(23)24)15-9-13(7-8-14(15)21(11)12(2)22)19-25-17(3,4)18(5,6)26-19/h7-9,11H,10H2,1-6H3,(H,23,24)/t11-/m0/s1. The molecule has 2 amide bonds. The van der Waals surface area contributed by atoms with Crippen LogP contribution in [-0.2, 0) is 14.1 Å². The molecule has 8 heteroatoms. The molecule has 1 aromatic carbocycles. The number of benzene rings is 1. The second kappa shape index (κ2) is 5.99. The highest BCUT2D eigenvalue weighted by Gasteiger charge is 2.52. The van der Waals surface area contributed by atoms with Crippen molar-refractivity contribution in [3.8, 4) is 0 Å². The molecular weight excluding hydrogens is 335 g/mol. The minimum Gasteiger partial charge on any atom is -0.465 e. The number of carboxylic acid groups (broad SMARTS) is 1. The Hall–Kier alpha value is -2.06. The summed E-state index contributed by atoms with van der Waals surface area (Å²) >= 11 is 0. The van der Waals surface area contributed by atoms with Crippen LogP contribution in [0, 0.1) is 0 Å². The number of anilines is 2. The number of carbonyl (C=O) groups is 2. The van der Waals surface area contributed by atoms with Crippen LogP contribution >= 0.6 is 0 Å². The number of rotatable bonds is 1. The summed E-state index contributed by atoms with van der Waals surface area (Å²) in [7, 11) is -0.592. The molecule has 140 valence electrons. The second-order valence-corrected chi connectivity index (χ2v) is 7.97. The van der Waals surface area contributed by atoms with Gasteiger partial charge in [0.1, 0.15) is 0 Å². The number of amides is 2. The second-order valence-electron chi connectivity index (χ2n) is 7.97. The summed E-state index contributed by atoms with van der Waals surface area (Å²) in [5, 5.41) is 9.61. The number of carbonyl (C=O) groups excluding carboxylic acids is 1. The van der Waals surface area contributed by atoms with Gasteiger partial charge in [-0.05, 0) is 52.2 Å². The van der Waals surface area contributed by atoms with E-state index in [1.807, 2.05) is 40.7 Å². The lowest BCUT2D eigenvalue weighted by Gasteiger charge is -2.39. The molecule has 1 fully saturated rings. The average molecular weight is 360 g/mol. The third-order valence-corrected chi connectivity index (χ3v) is 5.53. The van der Waals surface area contributed by atoms with E-state index in [0.717, 1.165) is 5.46 Å².